The van der Waals surface area contributed by atoms with Crippen molar-refractivity contribution in [2.75, 3.05) is 26.4 Å². The molecule has 0 spiro atoms. The van der Waals surface area contributed by atoms with Gasteiger partial charge in [-0.2, -0.15) is 4.39 Å². The fourth-order valence-electron chi connectivity index (χ4n) is 5.11. The van der Waals surface area contributed by atoms with Crippen molar-refractivity contribution in [3.63, 3.8) is 0 Å². The molecule has 0 bridgehead atoms. The first-order valence-corrected chi connectivity index (χ1v) is 14.7. The highest BCUT2D eigenvalue weighted by Gasteiger charge is 2.49. The molecule has 1 unspecified atom stereocenters. The number of unbranched alkanes of at least 4 members (excludes halogenated alkanes) is 7. The minimum Gasteiger partial charge on any atom is -0.494 e. The Bertz CT molecular complexity index is 994. The maximum absolute atomic E-state index is 15.6. The van der Waals surface area contributed by atoms with E-state index in [1.807, 2.05) is 0 Å². The molecule has 3 nitrogen and oxygen atoms in total. The Morgan fingerprint density at radius 1 is 0.744 bits per heavy atom. The van der Waals surface area contributed by atoms with Gasteiger partial charge in [-0.15, -0.1) is 0 Å². The summed E-state index contributed by atoms with van der Waals surface area (Å²) in [6.45, 7) is 6.36. The lowest BCUT2D eigenvalue weighted by atomic mass is 9.76. The second-order valence-corrected chi connectivity index (χ2v) is 10.5. The van der Waals surface area contributed by atoms with Crippen LogP contribution in [0.4, 0.5) is 17.6 Å². The highest BCUT2D eigenvalue weighted by atomic mass is 19.3. The summed E-state index contributed by atoms with van der Waals surface area (Å²) in [5.74, 6) is -7.33. The number of benzene rings is 2. The van der Waals surface area contributed by atoms with Gasteiger partial charge < -0.3 is 14.2 Å². The summed E-state index contributed by atoms with van der Waals surface area (Å²) in [4.78, 5) is 0. The maximum Gasteiger partial charge on any atom is 0.283 e. The van der Waals surface area contributed by atoms with Gasteiger partial charge >= 0.3 is 0 Å². The Morgan fingerprint density at radius 3 is 2.10 bits per heavy atom. The molecule has 0 saturated heterocycles. The van der Waals surface area contributed by atoms with Gasteiger partial charge in [-0.1, -0.05) is 70.9 Å². The lowest BCUT2D eigenvalue weighted by Crippen LogP contribution is -2.32. The molecule has 0 heterocycles. The summed E-state index contributed by atoms with van der Waals surface area (Å²) in [6, 6.07) is 7.75. The predicted octanol–water partition coefficient (Wildman–Crippen LogP) is 9.50. The smallest absolute Gasteiger partial charge is 0.283 e. The third kappa shape index (κ3) is 8.86. The monoisotopic (exact) mass is 552 g/mol. The van der Waals surface area contributed by atoms with Crippen molar-refractivity contribution in [2.24, 2.45) is 0 Å². The molecule has 218 valence electrons. The number of hydrogen-bond acceptors (Lipinski definition) is 3. The lowest BCUT2D eigenvalue weighted by molar-refractivity contribution is -0.0474. The van der Waals surface area contributed by atoms with Gasteiger partial charge in [-0.25, -0.2) is 13.2 Å². The molecule has 1 aliphatic rings. The molecule has 0 N–H and O–H groups in total. The predicted molar refractivity (Wildman–Crippen MR) is 147 cm³/mol. The van der Waals surface area contributed by atoms with Crippen LogP contribution in [0.5, 0.6) is 11.5 Å². The van der Waals surface area contributed by atoms with Crippen molar-refractivity contribution in [1.29, 1.82) is 0 Å². The number of fused-ring (bicyclic) bond motifs is 1. The Balaban J connectivity index is 1.56. The van der Waals surface area contributed by atoms with Crippen molar-refractivity contribution in [1.82, 2.24) is 0 Å². The Morgan fingerprint density at radius 2 is 1.36 bits per heavy atom. The molecule has 0 fully saturated rings. The molecule has 0 aliphatic heterocycles. The van der Waals surface area contributed by atoms with Gasteiger partial charge in [0.2, 0.25) is 5.82 Å². The third-order valence-electron chi connectivity index (χ3n) is 7.36. The molecule has 2 aromatic carbocycles. The highest BCUT2D eigenvalue weighted by molar-refractivity contribution is 5.45. The van der Waals surface area contributed by atoms with Crippen molar-refractivity contribution < 1.29 is 31.8 Å². The molecule has 3 rings (SSSR count). The number of halogens is 4. The molecular formula is C32H44F4O3. The Labute approximate surface area is 231 Å². The second kappa shape index (κ2) is 16.1. The molecule has 0 radical (unpaired) electrons. The van der Waals surface area contributed by atoms with Crippen molar-refractivity contribution >= 4 is 0 Å². The molecule has 7 heteroatoms. The van der Waals surface area contributed by atoms with Crippen LogP contribution in [0.1, 0.15) is 107 Å². The number of hydrogen-bond donors (Lipinski definition) is 0. The van der Waals surface area contributed by atoms with Crippen LogP contribution in [0.2, 0.25) is 0 Å². The number of ether oxygens (including phenoxy) is 3. The molecular weight excluding hydrogens is 508 g/mol. The van der Waals surface area contributed by atoms with Crippen molar-refractivity contribution in [2.45, 2.75) is 103 Å². The van der Waals surface area contributed by atoms with E-state index in [1.54, 1.807) is 24.3 Å². The first-order valence-electron chi connectivity index (χ1n) is 14.7. The van der Waals surface area contributed by atoms with Gasteiger partial charge in [0.15, 0.2) is 11.6 Å². The average Bonchev–Trinajstić information content (AvgIpc) is 2.92. The van der Waals surface area contributed by atoms with E-state index < -0.39 is 29.0 Å². The van der Waals surface area contributed by atoms with E-state index in [2.05, 4.69) is 13.8 Å². The highest BCUT2D eigenvalue weighted by Crippen LogP contribution is 2.51. The number of aryl methyl sites for hydroxylation is 1. The minimum atomic E-state index is -3.55. The fraction of sp³-hybridized carbons (Fsp3) is 0.625. The van der Waals surface area contributed by atoms with E-state index in [4.69, 9.17) is 14.2 Å². The molecule has 39 heavy (non-hydrogen) atoms. The van der Waals surface area contributed by atoms with E-state index in [9.17, 15) is 4.39 Å². The maximum atomic E-state index is 15.6. The van der Waals surface area contributed by atoms with Crippen LogP contribution >= 0.6 is 0 Å². The molecule has 0 saturated carbocycles. The largest absolute Gasteiger partial charge is 0.494 e. The van der Waals surface area contributed by atoms with Crippen molar-refractivity contribution in [3.8, 4) is 11.5 Å². The molecule has 0 amide bonds. The summed E-state index contributed by atoms with van der Waals surface area (Å²) in [7, 11) is 0. The standard InChI is InChI=1S/C32H44F4O3/c1-3-5-7-8-9-11-21-39-28-23-25-15-18-27(32(35,36)29(25)31(34)30(28)33)24-13-16-26(17-14-24)38-22-12-20-37-19-10-6-4-2/h13-14,16-17,23,27H,3-12,15,18-22H2,1-2H3. The Hall–Kier alpha value is -2.28. The van der Waals surface area contributed by atoms with Gasteiger partial charge in [-0.3, -0.25) is 0 Å². The average molecular weight is 553 g/mol. The second-order valence-electron chi connectivity index (χ2n) is 10.5. The summed E-state index contributed by atoms with van der Waals surface area (Å²) >= 11 is 0. The lowest BCUT2D eigenvalue weighted by Gasteiger charge is -2.34. The zero-order valence-electron chi connectivity index (χ0n) is 23.5. The summed E-state index contributed by atoms with van der Waals surface area (Å²) < 4.78 is 77.7. The van der Waals surface area contributed by atoms with Crippen LogP contribution in [0.15, 0.2) is 30.3 Å². The zero-order chi connectivity index (χ0) is 28.1. The van der Waals surface area contributed by atoms with Gasteiger partial charge in [0, 0.05) is 19.6 Å². The number of rotatable bonds is 18. The molecule has 0 aromatic heterocycles. The summed E-state index contributed by atoms with van der Waals surface area (Å²) in [5.41, 5.74) is -0.354. The van der Waals surface area contributed by atoms with Crippen LogP contribution in [-0.4, -0.2) is 26.4 Å². The Kier molecular flexibility index (Phi) is 12.9. The molecule has 1 atom stereocenters. The first-order chi connectivity index (χ1) is 18.9. The number of alkyl halides is 2. The van der Waals surface area contributed by atoms with Crippen LogP contribution in [0.3, 0.4) is 0 Å². The molecule has 1 aliphatic carbocycles. The summed E-state index contributed by atoms with van der Waals surface area (Å²) in [5, 5.41) is 0. The molecule has 2 aromatic rings. The van der Waals surface area contributed by atoms with E-state index in [0.29, 0.717) is 30.9 Å². The van der Waals surface area contributed by atoms with Gasteiger partial charge in [0.25, 0.3) is 5.92 Å². The van der Waals surface area contributed by atoms with Crippen LogP contribution < -0.4 is 9.47 Å². The SMILES string of the molecule is CCCCCCCCOc1cc2c(c(F)c1F)C(F)(F)C(c1ccc(OCCCOCCCCC)cc1)CC2. The topological polar surface area (TPSA) is 27.7 Å². The van der Waals surface area contributed by atoms with E-state index >= 15 is 13.2 Å². The quantitative estimate of drug-likeness (QED) is 0.136. The van der Waals surface area contributed by atoms with E-state index in [0.717, 1.165) is 58.0 Å². The normalized spacial score (nSPS) is 16.2. The fourth-order valence-corrected chi connectivity index (χ4v) is 5.11. The van der Waals surface area contributed by atoms with E-state index in [1.165, 1.54) is 12.5 Å². The van der Waals surface area contributed by atoms with Crippen LogP contribution in [0.25, 0.3) is 0 Å². The zero-order valence-corrected chi connectivity index (χ0v) is 23.5. The van der Waals surface area contributed by atoms with Gasteiger partial charge in [0.05, 0.1) is 24.7 Å². The minimum absolute atomic E-state index is 0.116. The van der Waals surface area contributed by atoms with Gasteiger partial charge in [0.1, 0.15) is 5.75 Å². The van der Waals surface area contributed by atoms with Crippen molar-refractivity contribution in [3.05, 3.63) is 58.7 Å². The van der Waals surface area contributed by atoms with E-state index in [-0.39, 0.29) is 30.8 Å². The summed E-state index contributed by atoms with van der Waals surface area (Å²) in [6.07, 6.45) is 10.6. The van der Waals surface area contributed by atoms with Gasteiger partial charge in [-0.05, 0) is 55.0 Å². The van der Waals surface area contributed by atoms with Crippen LogP contribution in [0, 0.1) is 11.6 Å². The first kappa shape index (κ1) is 31.3. The third-order valence-corrected chi connectivity index (χ3v) is 7.36. The van der Waals surface area contributed by atoms with Crippen LogP contribution in [-0.2, 0) is 17.1 Å².